The SMILES string of the molecule is CC(CN)(CO)c1cn(CC2CC2)nn1. The van der Waals surface area contributed by atoms with E-state index in [9.17, 15) is 5.11 Å². The summed E-state index contributed by atoms with van der Waals surface area (Å²) in [5.41, 5.74) is 5.96. The molecule has 0 bridgehead atoms. The molecule has 0 spiro atoms. The molecule has 84 valence electrons. The smallest absolute Gasteiger partial charge is 0.0921 e. The van der Waals surface area contributed by atoms with E-state index < -0.39 is 5.41 Å². The predicted molar refractivity (Wildman–Crippen MR) is 56.2 cm³/mol. The molecule has 1 aliphatic carbocycles. The Hall–Kier alpha value is -0.940. The van der Waals surface area contributed by atoms with Gasteiger partial charge < -0.3 is 10.8 Å². The lowest BCUT2D eigenvalue weighted by Gasteiger charge is -2.21. The fraction of sp³-hybridized carbons (Fsp3) is 0.800. The Morgan fingerprint density at radius 1 is 1.67 bits per heavy atom. The van der Waals surface area contributed by atoms with Gasteiger partial charge >= 0.3 is 0 Å². The standard InChI is InChI=1S/C10H18N4O/c1-10(6-11,7-15)9-5-14(13-12-9)4-8-2-3-8/h5,8,15H,2-4,6-7,11H2,1H3. The Labute approximate surface area is 89.3 Å². The summed E-state index contributed by atoms with van der Waals surface area (Å²) in [6.07, 6.45) is 4.49. The molecule has 1 aliphatic rings. The molecule has 0 amide bonds. The van der Waals surface area contributed by atoms with Gasteiger partial charge in [-0.1, -0.05) is 12.1 Å². The highest BCUT2D eigenvalue weighted by Gasteiger charge is 2.28. The zero-order chi connectivity index (χ0) is 10.9. The molecule has 3 N–H and O–H groups in total. The van der Waals surface area contributed by atoms with Gasteiger partial charge in [0.25, 0.3) is 0 Å². The summed E-state index contributed by atoms with van der Waals surface area (Å²) in [6, 6.07) is 0. The van der Waals surface area contributed by atoms with Crippen molar-refractivity contribution in [3.8, 4) is 0 Å². The minimum Gasteiger partial charge on any atom is -0.395 e. The molecule has 1 aromatic heterocycles. The number of rotatable bonds is 5. The van der Waals surface area contributed by atoms with Gasteiger partial charge in [-0.25, -0.2) is 0 Å². The molecule has 0 aromatic carbocycles. The Bertz CT molecular complexity index is 328. The summed E-state index contributed by atoms with van der Waals surface area (Å²) < 4.78 is 1.86. The molecule has 1 saturated carbocycles. The van der Waals surface area contributed by atoms with E-state index in [0.717, 1.165) is 18.2 Å². The van der Waals surface area contributed by atoms with Crippen LogP contribution < -0.4 is 5.73 Å². The van der Waals surface area contributed by atoms with Crippen molar-refractivity contribution in [1.82, 2.24) is 15.0 Å². The van der Waals surface area contributed by atoms with Crippen molar-refractivity contribution in [3.05, 3.63) is 11.9 Å². The van der Waals surface area contributed by atoms with Crippen LogP contribution in [-0.4, -0.2) is 33.3 Å². The van der Waals surface area contributed by atoms with E-state index in [2.05, 4.69) is 10.3 Å². The van der Waals surface area contributed by atoms with Crippen LogP contribution in [0.2, 0.25) is 0 Å². The second kappa shape index (κ2) is 3.90. The second-order valence-electron chi connectivity index (χ2n) is 4.69. The third-order valence-electron chi connectivity index (χ3n) is 3.10. The van der Waals surface area contributed by atoms with E-state index in [4.69, 9.17) is 5.73 Å². The zero-order valence-corrected chi connectivity index (χ0v) is 9.06. The molecule has 2 rings (SSSR count). The number of aromatic nitrogens is 3. The van der Waals surface area contributed by atoms with Crippen LogP contribution in [0.15, 0.2) is 6.20 Å². The molecule has 5 nitrogen and oxygen atoms in total. The third-order valence-corrected chi connectivity index (χ3v) is 3.10. The van der Waals surface area contributed by atoms with Gasteiger partial charge in [-0.15, -0.1) is 5.10 Å². The molecule has 1 unspecified atom stereocenters. The van der Waals surface area contributed by atoms with Gasteiger partial charge in [0, 0.05) is 24.7 Å². The van der Waals surface area contributed by atoms with Crippen LogP contribution >= 0.6 is 0 Å². The first-order valence-electron chi connectivity index (χ1n) is 5.39. The Balaban J connectivity index is 2.10. The molecular formula is C10H18N4O. The van der Waals surface area contributed by atoms with Crippen LogP contribution in [0, 0.1) is 5.92 Å². The minimum atomic E-state index is -0.457. The first-order valence-corrected chi connectivity index (χ1v) is 5.39. The van der Waals surface area contributed by atoms with Crippen molar-refractivity contribution in [1.29, 1.82) is 0 Å². The van der Waals surface area contributed by atoms with E-state index in [-0.39, 0.29) is 6.61 Å². The first-order chi connectivity index (χ1) is 7.18. The summed E-state index contributed by atoms with van der Waals surface area (Å²) in [7, 11) is 0. The molecule has 1 aromatic rings. The topological polar surface area (TPSA) is 77.0 Å². The van der Waals surface area contributed by atoms with Crippen molar-refractivity contribution in [3.63, 3.8) is 0 Å². The van der Waals surface area contributed by atoms with E-state index in [1.165, 1.54) is 12.8 Å². The fourth-order valence-electron chi connectivity index (χ4n) is 1.48. The lowest BCUT2D eigenvalue weighted by molar-refractivity contribution is 0.207. The molecule has 5 heteroatoms. The van der Waals surface area contributed by atoms with Gasteiger partial charge in [-0.3, -0.25) is 4.68 Å². The molecule has 1 atom stereocenters. The van der Waals surface area contributed by atoms with Gasteiger partial charge in [0.2, 0.25) is 0 Å². The first kappa shape index (κ1) is 10.6. The van der Waals surface area contributed by atoms with Crippen molar-refractivity contribution in [2.75, 3.05) is 13.2 Å². The van der Waals surface area contributed by atoms with Crippen LogP contribution in [-0.2, 0) is 12.0 Å². The van der Waals surface area contributed by atoms with Crippen molar-refractivity contribution >= 4 is 0 Å². The quantitative estimate of drug-likeness (QED) is 0.711. The van der Waals surface area contributed by atoms with Crippen LogP contribution in [0.25, 0.3) is 0 Å². The highest BCUT2D eigenvalue weighted by Crippen LogP contribution is 2.30. The largest absolute Gasteiger partial charge is 0.395 e. The molecule has 0 radical (unpaired) electrons. The monoisotopic (exact) mass is 210 g/mol. The second-order valence-corrected chi connectivity index (χ2v) is 4.69. The van der Waals surface area contributed by atoms with E-state index in [0.29, 0.717) is 6.54 Å². The van der Waals surface area contributed by atoms with Crippen LogP contribution in [0.3, 0.4) is 0 Å². The van der Waals surface area contributed by atoms with Gasteiger partial charge in [0.1, 0.15) is 0 Å². The van der Waals surface area contributed by atoms with Crippen molar-refractivity contribution < 1.29 is 5.11 Å². The summed E-state index contributed by atoms with van der Waals surface area (Å²) in [4.78, 5) is 0. The van der Waals surface area contributed by atoms with Crippen LogP contribution in [0.5, 0.6) is 0 Å². The number of nitrogens with zero attached hydrogens (tertiary/aromatic N) is 3. The highest BCUT2D eigenvalue weighted by atomic mass is 16.3. The number of aliphatic hydroxyl groups is 1. The molecule has 0 aliphatic heterocycles. The summed E-state index contributed by atoms with van der Waals surface area (Å²) in [6.45, 7) is 3.23. The van der Waals surface area contributed by atoms with Crippen molar-refractivity contribution in [2.24, 2.45) is 11.7 Å². The Morgan fingerprint density at radius 2 is 2.40 bits per heavy atom. The molecule has 0 saturated heterocycles. The summed E-state index contributed by atoms with van der Waals surface area (Å²) in [5.74, 6) is 0.776. The highest BCUT2D eigenvalue weighted by molar-refractivity contribution is 5.11. The van der Waals surface area contributed by atoms with Gasteiger partial charge in [0.05, 0.1) is 12.3 Å². The normalized spacial score (nSPS) is 20.2. The van der Waals surface area contributed by atoms with E-state index in [1.54, 1.807) is 0 Å². The Kier molecular flexibility index (Phi) is 2.75. The average molecular weight is 210 g/mol. The number of hydrogen-bond donors (Lipinski definition) is 2. The third kappa shape index (κ3) is 2.18. The van der Waals surface area contributed by atoms with Gasteiger partial charge in [-0.05, 0) is 18.8 Å². The predicted octanol–water partition coefficient (Wildman–Crippen LogP) is -0.103. The minimum absolute atomic E-state index is 0.00558. The Morgan fingerprint density at radius 3 is 2.93 bits per heavy atom. The van der Waals surface area contributed by atoms with Crippen LogP contribution in [0.4, 0.5) is 0 Å². The lowest BCUT2D eigenvalue weighted by atomic mass is 9.88. The van der Waals surface area contributed by atoms with Crippen molar-refractivity contribution in [2.45, 2.75) is 31.7 Å². The summed E-state index contributed by atoms with van der Waals surface area (Å²) in [5, 5.41) is 17.4. The lowest BCUT2D eigenvalue weighted by Crippen LogP contribution is -2.36. The maximum absolute atomic E-state index is 9.29. The molecular weight excluding hydrogens is 192 g/mol. The van der Waals surface area contributed by atoms with Gasteiger partial charge in [0.15, 0.2) is 0 Å². The number of hydrogen-bond acceptors (Lipinski definition) is 4. The zero-order valence-electron chi connectivity index (χ0n) is 9.06. The molecule has 15 heavy (non-hydrogen) atoms. The molecule has 1 fully saturated rings. The maximum atomic E-state index is 9.29. The maximum Gasteiger partial charge on any atom is 0.0921 e. The number of aliphatic hydroxyl groups excluding tert-OH is 1. The van der Waals surface area contributed by atoms with E-state index >= 15 is 0 Å². The fourth-order valence-corrected chi connectivity index (χ4v) is 1.48. The molecule has 1 heterocycles. The van der Waals surface area contributed by atoms with Crippen LogP contribution in [0.1, 0.15) is 25.5 Å². The average Bonchev–Trinajstić information content (AvgIpc) is 2.93. The summed E-state index contributed by atoms with van der Waals surface area (Å²) >= 11 is 0. The van der Waals surface area contributed by atoms with E-state index in [1.807, 2.05) is 17.8 Å². The number of nitrogens with two attached hydrogens (primary N) is 1. The van der Waals surface area contributed by atoms with Gasteiger partial charge in [-0.2, -0.15) is 0 Å².